The summed E-state index contributed by atoms with van der Waals surface area (Å²) in [6.45, 7) is 8.31. The fraction of sp³-hybridized carbons (Fsp3) is 0.500. The third-order valence-electron chi connectivity index (χ3n) is 3.02. The summed E-state index contributed by atoms with van der Waals surface area (Å²) in [7, 11) is 1.62. The molecule has 0 saturated carbocycles. The number of ether oxygens (including phenoxy) is 1. The summed E-state index contributed by atoms with van der Waals surface area (Å²) in [5.41, 5.74) is 4.59. The van der Waals surface area contributed by atoms with Gasteiger partial charge in [0, 0.05) is 5.71 Å². The third-order valence-corrected chi connectivity index (χ3v) is 3.02. The largest absolute Gasteiger partial charge is 0.497 e. The molecule has 0 fully saturated rings. The Morgan fingerprint density at radius 3 is 2.15 bits per heavy atom. The minimum absolute atomic E-state index is 0.103. The van der Waals surface area contributed by atoms with Gasteiger partial charge in [-0.15, -0.1) is 0 Å². The Hall–Kier alpha value is -1.84. The standard InChI is InChI=1S/C16H24N2O2/c1-11(2)16(12(3)4)18-17-15(19)10-13-6-8-14(20-5)9-7-13/h6-9,11-12H,10H2,1-5H3,(H,17,19). The molecule has 0 atom stereocenters. The van der Waals surface area contributed by atoms with Gasteiger partial charge in [0.1, 0.15) is 5.75 Å². The molecule has 4 heteroatoms. The van der Waals surface area contributed by atoms with Crippen LogP contribution in [0.15, 0.2) is 29.4 Å². The molecule has 1 N–H and O–H groups in total. The first-order valence-corrected chi connectivity index (χ1v) is 6.93. The number of carbonyl (C=O) groups excluding carboxylic acids is 1. The number of carbonyl (C=O) groups is 1. The highest BCUT2D eigenvalue weighted by molar-refractivity contribution is 5.89. The van der Waals surface area contributed by atoms with Crippen LogP contribution in [0, 0.1) is 11.8 Å². The molecule has 0 heterocycles. The van der Waals surface area contributed by atoms with Crippen LogP contribution in [0.25, 0.3) is 0 Å². The van der Waals surface area contributed by atoms with Crippen molar-refractivity contribution in [3.63, 3.8) is 0 Å². The van der Waals surface area contributed by atoms with Crippen molar-refractivity contribution in [3.05, 3.63) is 29.8 Å². The zero-order chi connectivity index (χ0) is 15.1. The second-order valence-electron chi connectivity index (χ2n) is 5.41. The number of hydrogen-bond acceptors (Lipinski definition) is 3. The van der Waals surface area contributed by atoms with Crippen molar-refractivity contribution in [1.29, 1.82) is 0 Å². The van der Waals surface area contributed by atoms with E-state index in [0.717, 1.165) is 17.0 Å². The predicted octanol–water partition coefficient (Wildman–Crippen LogP) is 3.02. The van der Waals surface area contributed by atoms with Crippen LogP contribution in [0.5, 0.6) is 5.75 Å². The minimum atomic E-state index is -0.103. The summed E-state index contributed by atoms with van der Waals surface area (Å²) in [4.78, 5) is 11.9. The predicted molar refractivity (Wildman–Crippen MR) is 82.0 cm³/mol. The summed E-state index contributed by atoms with van der Waals surface area (Å²) in [6, 6.07) is 7.46. The molecule has 0 saturated heterocycles. The van der Waals surface area contributed by atoms with Crippen LogP contribution in [0.1, 0.15) is 33.3 Å². The van der Waals surface area contributed by atoms with E-state index >= 15 is 0 Å². The summed E-state index contributed by atoms with van der Waals surface area (Å²) < 4.78 is 5.08. The van der Waals surface area contributed by atoms with Gasteiger partial charge in [0.15, 0.2) is 0 Å². The molecule has 1 aromatic rings. The van der Waals surface area contributed by atoms with E-state index in [4.69, 9.17) is 4.74 Å². The number of benzene rings is 1. The smallest absolute Gasteiger partial charge is 0.244 e. The van der Waals surface area contributed by atoms with Gasteiger partial charge in [-0.1, -0.05) is 39.8 Å². The Morgan fingerprint density at radius 1 is 1.15 bits per heavy atom. The van der Waals surface area contributed by atoms with Crippen LogP contribution in [0.2, 0.25) is 0 Å². The highest BCUT2D eigenvalue weighted by Crippen LogP contribution is 2.12. The molecule has 0 aliphatic rings. The first-order chi connectivity index (χ1) is 9.43. The average molecular weight is 276 g/mol. The average Bonchev–Trinajstić information content (AvgIpc) is 2.39. The van der Waals surface area contributed by atoms with E-state index in [1.165, 1.54) is 0 Å². The van der Waals surface area contributed by atoms with Crippen LogP contribution < -0.4 is 10.2 Å². The van der Waals surface area contributed by atoms with E-state index in [1.54, 1.807) is 7.11 Å². The van der Waals surface area contributed by atoms with Gasteiger partial charge in [-0.25, -0.2) is 5.43 Å². The van der Waals surface area contributed by atoms with Crippen molar-refractivity contribution in [2.24, 2.45) is 16.9 Å². The summed E-state index contributed by atoms with van der Waals surface area (Å²) >= 11 is 0. The Labute approximate surface area is 121 Å². The fourth-order valence-electron chi connectivity index (χ4n) is 2.02. The molecule has 1 aromatic carbocycles. The first kappa shape index (κ1) is 16.2. The van der Waals surface area contributed by atoms with Crippen molar-refractivity contribution >= 4 is 11.6 Å². The number of nitrogens with one attached hydrogen (secondary N) is 1. The lowest BCUT2D eigenvalue weighted by Crippen LogP contribution is -2.25. The molecule has 0 bridgehead atoms. The maximum Gasteiger partial charge on any atom is 0.244 e. The molecule has 0 unspecified atom stereocenters. The van der Waals surface area contributed by atoms with E-state index < -0.39 is 0 Å². The molecule has 0 aliphatic carbocycles. The highest BCUT2D eigenvalue weighted by atomic mass is 16.5. The molecule has 1 rings (SSSR count). The minimum Gasteiger partial charge on any atom is -0.497 e. The zero-order valence-corrected chi connectivity index (χ0v) is 12.9. The van der Waals surface area contributed by atoms with Crippen LogP contribution in [-0.4, -0.2) is 18.7 Å². The van der Waals surface area contributed by atoms with Gasteiger partial charge in [-0.3, -0.25) is 4.79 Å². The molecular weight excluding hydrogens is 252 g/mol. The van der Waals surface area contributed by atoms with Crippen molar-refractivity contribution in [2.45, 2.75) is 34.1 Å². The van der Waals surface area contributed by atoms with Gasteiger partial charge in [0.05, 0.1) is 13.5 Å². The number of rotatable bonds is 6. The number of hydrogen-bond donors (Lipinski definition) is 1. The van der Waals surface area contributed by atoms with Crippen molar-refractivity contribution in [3.8, 4) is 5.75 Å². The summed E-state index contributed by atoms with van der Waals surface area (Å²) in [5, 5.41) is 4.24. The monoisotopic (exact) mass is 276 g/mol. The Morgan fingerprint density at radius 2 is 1.70 bits per heavy atom. The first-order valence-electron chi connectivity index (χ1n) is 6.93. The lowest BCUT2D eigenvalue weighted by atomic mass is 9.98. The van der Waals surface area contributed by atoms with Crippen LogP contribution >= 0.6 is 0 Å². The van der Waals surface area contributed by atoms with Gasteiger partial charge in [-0.05, 0) is 29.5 Å². The molecule has 0 aromatic heterocycles. The van der Waals surface area contributed by atoms with Crippen molar-refractivity contribution in [1.82, 2.24) is 5.43 Å². The molecule has 20 heavy (non-hydrogen) atoms. The van der Waals surface area contributed by atoms with Gasteiger partial charge >= 0.3 is 0 Å². The van der Waals surface area contributed by atoms with E-state index in [-0.39, 0.29) is 5.91 Å². The zero-order valence-electron chi connectivity index (χ0n) is 12.9. The molecule has 0 aliphatic heterocycles. The quantitative estimate of drug-likeness (QED) is 0.641. The van der Waals surface area contributed by atoms with E-state index in [1.807, 2.05) is 24.3 Å². The Balaban J connectivity index is 2.60. The second-order valence-corrected chi connectivity index (χ2v) is 5.41. The summed E-state index contributed by atoms with van der Waals surface area (Å²) in [6.07, 6.45) is 0.316. The molecule has 1 amide bonds. The lowest BCUT2D eigenvalue weighted by Gasteiger charge is -2.13. The van der Waals surface area contributed by atoms with Crippen molar-refractivity contribution in [2.75, 3.05) is 7.11 Å². The molecule has 0 radical (unpaired) electrons. The molecule has 0 spiro atoms. The number of amides is 1. The normalized spacial score (nSPS) is 10.6. The van der Waals surface area contributed by atoms with Crippen molar-refractivity contribution < 1.29 is 9.53 Å². The van der Waals surface area contributed by atoms with E-state index in [0.29, 0.717) is 18.3 Å². The van der Waals surface area contributed by atoms with Gasteiger partial charge < -0.3 is 4.74 Å². The van der Waals surface area contributed by atoms with Crippen LogP contribution in [0.4, 0.5) is 0 Å². The van der Waals surface area contributed by atoms with Crippen LogP contribution in [0.3, 0.4) is 0 Å². The summed E-state index contributed by atoms with van der Waals surface area (Å²) in [5.74, 6) is 1.34. The van der Waals surface area contributed by atoms with E-state index in [9.17, 15) is 4.79 Å². The molecule has 4 nitrogen and oxygen atoms in total. The highest BCUT2D eigenvalue weighted by Gasteiger charge is 2.11. The maximum absolute atomic E-state index is 11.9. The molecular formula is C16H24N2O2. The topological polar surface area (TPSA) is 50.7 Å². The number of hydrazone groups is 1. The fourth-order valence-corrected chi connectivity index (χ4v) is 2.02. The van der Waals surface area contributed by atoms with Crippen LogP contribution in [-0.2, 0) is 11.2 Å². The van der Waals surface area contributed by atoms with Gasteiger partial charge in [0.2, 0.25) is 5.91 Å². The van der Waals surface area contributed by atoms with E-state index in [2.05, 4.69) is 38.2 Å². The molecule has 110 valence electrons. The number of nitrogens with zero attached hydrogens (tertiary/aromatic N) is 1. The van der Waals surface area contributed by atoms with Gasteiger partial charge in [-0.2, -0.15) is 5.10 Å². The third kappa shape index (κ3) is 5.03. The second kappa shape index (κ2) is 7.68. The van der Waals surface area contributed by atoms with Gasteiger partial charge in [0.25, 0.3) is 0 Å². The Kier molecular flexibility index (Phi) is 6.22. The SMILES string of the molecule is COc1ccc(CC(=O)NN=C(C(C)C)C(C)C)cc1. The lowest BCUT2D eigenvalue weighted by molar-refractivity contribution is -0.120. The number of methoxy groups -OCH3 is 1. The maximum atomic E-state index is 11.9. The Bertz CT molecular complexity index is 452.